The molecule has 1 unspecified atom stereocenters. The van der Waals surface area contributed by atoms with E-state index in [1.807, 2.05) is 30.3 Å². The number of alkyl halides is 1. The van der Waals surface area contributed by atoms with Crippen molar-refractivity contribution in [3.8, 4) is 11.5 Å². The Balaban J connectivity index is 1.90. The standard InChI is InChI=1S/C19H24ClNO2/c1-16(15-23-19-10-8-18(22-2)9-11-19)21(13-12-20)14-17-6-4-3-5-7-17/h3-11,16H,12-15H2,1-2H3. The van der Waals surface area contributed by atoms with Crippen LogP contribution in [0.25, 0.3) is 0 Å². The van der Waals surface area contributed by atoms with Crippen molar-refractivity contribution in [1.29, 1.82) is 0 Å². The van der Waals surface area contributed by atoms with Crippen LogP contribution in [0.5, 0.6) is 11.5 Å². The SMILES string of the molecule is COc1ccc(OCC(C)N(CCCl)Cc2ccccc2)cc1. The normalized spacial score (nSPS) is 12.2. The minimum Gasteiger partial charge on any atom is -0.497 e. The summed E-state index contributed by atoms with van der Waals surface area (Å²) in [6.07, 6.45) is 0. The van der Waals surface area contributed by atoms with Gasteiger partial charge in [-0.1, -0.05) is 30.3 Å². The van der Waals surface area contributed by atoms with Gasteiger partial charge in [-0.3, -0.25) is 4.90 Å². The van der Waals surface area contributed by atoms with Gasteiger partial charge in [0.05, 0.1) is 7.11 Å². The smallest absolute Gasteiger partial charge is 0.119 e. The van der Waals surface area contributed by atoms with Crippen molar-refractivity contribution in [1.82, 2.24) is 4.90 Å². The van der Waals surface area contributed by atoms with Crippen molar-refractivity contribution in [3.05, 3.63) is 60.2 Å². The Bertz CT molecular complexity index is 559. The molecule has 0 saturated carbocycles. The molecule has 2 aromatic rings. The number of ether oxygens (including phenoxy) is 2. The number of nitrogens with zero attached hydrogens (tertiary/aromatic N) is 1. The Morgan fingerprint density at radius 3 is 2.26 bits per heavy atom. The molecule has 2 aromatic carbocycles. The number of methoxy groups -OCH3 is 1. The molecule has 0 bridgehead atoms. The Hall–Kier alpha value is -1.71. The van der Waals surface area contributed by atoms with E-state index in [0.29, 0.717) is 12.5 Å². The lowest BCUT2D eigenvalue weighted by Gasteiger charge is -2.28. The zero-order valence-electron chi connectivity index (χ0n) is 13.7. The van der Waals surface area contributed by atoms with Crippen LogP contribution in [-0.2, 0) is 6.54 Å². The molecule has 1 atom stereocenters. The summed E-state index contributed by atoms with van der Waals surface area (Å²) in [5, 5.41) is 0. The van der Waals surface area contributed by atoms with Crippen LogP contribution in [0, 0.1) is 0 Å². The third-order valence-corrected chi connectivity index (χ3v) is 3.94. The average molecular weight is 334 g/mol. The molecule has 0 aliphatic rings. The molecule has 0 aromatic heterocycles. The molecule has 0 saturated heterocycles. The number of hydrogen-bond donors (Lipinski definition) is 0. The van der Waals surface area contributed by atoms with Crippen LogP contribution < -0.4 is 9.47 Å². The van der Waals surface area contributed by atoms with E-state index >= 15 is 0 Å². The van der Waals surface area contributed by atoms with E-state index < -0.39 is 0 Å². The second-order valence-corrected chi connectivity index (χ2v) is 5.86. The first-order valence-electron chi connectivity index (χ1n) is 7.83. The summed E-state index contributed by atoms with van der Waals surface area (Å²) < 4.78 is 11.0. The minimum absolute atomic E-state index is 0.274. The molecule has 2 rings (SSSR count). The van der Waals surface area contributed by atoms with Crippen LogP contribution in [-0.4, -0.2) is 37.1 Å². The maximum atomic E-state index is 5.96. The summed E-state index contributed by atoms with van der Waals surface area (Å²) in [6, 6.07) is 18.4. The largest absolute Gasteiger partial charge is 0.497 e. The fourth-order valence-electron chi connectivity index (χ4n) is 2.38. The molecule has 0 aliphatic carbocycles. The highest BCUT2D eigenvalue weighted by Gasteiger charge is 2.14. The van der Waals surface area contributed by atoms with E-state index in [9.17, 15) is 0 Å². The van der Waals surface area contributed by atoms with Crippen LogP contribution in [0.2, 0.25) is 0 Å². The number of rotatable bonds is 9. The Morgan fingerprint density at radius 1 is 1.00 bits per heavy atom. The van der Waals surface area contributed by atoms with Gasteiger partial charge in [0.25, 0.3) is 0 Å². The fraction of sp³-hybridized carbons (Fsp3) is 0.368. The molecule has 23 heavy (non-hydrogen) atoms. The highest BCUT2D eigenvalue weighted by atomic mass is 35.5. The van der Waals surface area contributed by atoms with Gasteiger partial charge in [-0.25, -0.2) is 0 Å². The van der Waals surface area contributed by atoms with Gasteiger partial charge >= 0.3 is 0 Å². The molecule has 4 heteroatoms. The molecule has 0 amide bonds. The van der Waals surface area contributed by atoms with Crippen molar-refractivity contribution in [2.75, 3.05) is 26.1 Å². The van der Waals surface area contributed by atoms with E-state index in [1.54, 1.807) is 7.11 Å². The third kappa shape index (κ3) is 5.77. The molecule has 0 N–H and O–H groups in total. The van der Waals surface area contributed by atoms with Crippen LogP contribution in [0.3, 0.4) is 0 Å². The quantitative estimate of drug-likeness (QED) is 0.642. The molecule has 0 fully saturated rings. The Labute approximate surface area is 143 Å². The lowest BCUT2D eigenvalue weighted by molar-refractivity contribution is 0.146. The lowest BCUT2D eigenvalue weighted by Crippen LogP contribution is -2.38. The van der Waals surface area contributed by atoms with Gasteiger partial charge in [0.15, 0.2) is 0 Å². The highest BCUT2D eigenvalue weighted by molar-refractivity contribution is 6.18. The summed E-state index contributed by atoms with van der Waals surface area (Å²) in [5.74, 6) is 2.29. The van der Waals surface area contributed by atoms with Crippen LogP contribution in [0.1, 0.15) is 12.5 Å². The predicted octanol–water partition coefficient (Wildman–Crippen LogP) is 4.20. The van der Waals surface area contributed by atoms with Gasteiger partial charge in [0.2, 0.25) is 0 Å². The van der Waals surface area contributed by atoms with Crippen molar-refractivity contribution in [2.45, 2.75) is 19.5 Å². The molecule has 0 heterocycles. The Morgan fingerprint density at radius 2 is 1.65 bits per heavy atom. The highest BCUT2D eigenvalue weighted by Crippen LogP contribution is 2.18. The van der Waals surface area contributed by atoms with Gasteiger partial charge in [-0.05, 0) is 36.8 Å². The summed E-state index contributed by atoms with van der Waals surface area (Å²) in [7, 11) is 1.66. The maximum Gasteiger partial charge on any atom is 0.119 e. The molecule has 3 nitrogen and oxygen atoms in total. The topological polar surface area (TPSA) is 21.7 Å². The molecular formula is C19H24ClNO2. The van der Waals surface area contributed by atoms with E-state index in [0.717, 1.165) is 24.6 Å². The van der Waals surface area contributed by atoms with Gasteiger partial charge in [-0.15, -0.1) is 11.6 Å². The van der Waals surface area contributed by atoms with E-state index in [1.165, 1.54) is 5.56 Å². The van der Waals surface area contributed by atoms with Gasteiger partial charge < -0.3 is 9.47 Å². The number of benzene rings is 2. The maximum absolute atomic E-state index is 5.96. The first-order chi connectivity index (χ1) is 11.2. The lowest BCUT2D eigenvalue weighted by atomic mass is 10.2. The van der Waals surface area contributed by atoms with Crippen LogP contribution in [0.15, 0.2) is 54.6 Å². The molecule has 0 radical (unpaired) electrons. The van der Waals surface area contributed by atoms with E-state index in [2.05, 4.69) is 36.1 Å². The molecular weight excluding hydrogens is 310 g/mol. The zero-order chi connectivity index (χ0) is 16.5. The monoisotopic (exact) mass is 333 g/mol. The second kappa shape index (κ2) is 9.43. The van der Waals surface area contributed by atoms with E-state index in [4.69, 9.17) is 21.1 Å². The summed E-state index contributed by atoms with van der Waals surface area (Å²) in [4.78, 5) is 2.34. The molecule has 0 aliphatic heterocycles. The van der Waals surface area contributed by atoms with Gasteiger partial charge in [0.1, 0.15) is 18.1 Å². The van der Waals surface area contributed by atoms with Gasteiger partial charge in [-0.2, -0.15) is 0 Å². The van der Waals surface area contributed by atoms with Crippen molar-refractivity contribution < 1.29 is 9.47 Å². The van der Waals surface area contributed by atoms with Crippen LogP contribution >= 0.6 is 11.6 Å². The summed E-state index contributed by atoms with van der Waals surface area (Å²) >= 11 is 5.96. The van der Waals surface area contributed by atoms with Crippen molar-refractivity contribution in [2.24, 2.45) is 0 Å². The number of halogens is 1. The third-order valence-electron chi connectivity index (χ3n) is 3.77. The first-order valence-corrected chi connectivity index (χ1v) is 8.37. The average Bonchev–Trinajstić information content (AvgIpc) is 2.60. The zero-order valence-corrected chi connectivity index (χ0v) is 14.5. The summed E-state index contributed by atoms with van der Waals surface area (Å²) in [5.41, 5.74) is 1.29. The Kier molecular flexibility index (Phi) is 7.24. The van der Waals surface area contributed by atoms with Gasteiger partial charge in [0, 0.05) is 25.0 Å². The minimum atomic E-state index is 0.274. The predicted molar refractivity (Wildman–Crippen MR) is 95.5 cm³/mol. The van der Waals surface area contributed by atoms with Crippen molar-refractivity contribution >= 4 is 11.6 Å². The van der Waals surface area contributed by atoms with Crippen molar-refractivity contribution in [3.63, 3.8) is 0 Å². The first kappa shape index (κ1) is 17.6. The van der Waals surface area contributed by atoms with Crippen LogP contribution in [0.4, 0.5) is 0 Å². The fourth-order valence-corrected chi connectivity index (χ4v) is 2.59. The number of hydrogen-bond acceptors (Lipinski definition) is 3. The summed E-state index contributed by atoms with van der Waals surface area (Å²) in [6.45, 7) is 4.50. The molecule has 0 spiro atoms. The molecule has 124 valence electrons. The second-order valence-electron chi connectivity index (χ2n) is 5.48. The van der Waals surface area contributed by atoms with E-state index in [-0.39, 0.29) is 6.04 Å².